The summed E-state index contributed by atoms with van der Waals surface area (Å²) in [6.45, 7) is 1.84. The van der Waals surface area contributed by atoms with Crippen LogP contribution in [-0.4, -0.2) is 75.8 Å². The molecule has 27 heavy (non-hydrogen) atoms. The number of piperazine rings is 1. The van der Waals surface area contributed by atoms with Crippen LogP contribution in [-0.2, 0) is 9.59 Å². The number of aromatic hydroxyl groups is 1. The van der Waals surface area contributed by atoms with Crippen molar-refractivity contribution in [2.75, 3.05) is 26.2 Å². The third-order valence-corrected chi connectivity index (χ3v) is 6.63. The van der Waals surface area contributed by atoms with Crippen LogP contribution in [0.2, 0.25) is 0 Å². The molecule has 1 aromatic rings. The van der Waals surface area contributed by atoms with Crippen molar-refractivity contribution >= 4 is 40.3 Å². The van der Waals surface area contributed by atoms with Gasteiger partial charge >= 0.3 is 0 Å². The molecule has 5 rings (SSSR count). The third-order valence-electron chi connectivity index (χ3n) is 5.72. The van der Waals surface area contributed by atoms with E-state index >= 15 is 0 Å². The number of nitrogens with zero attached hydrogens (tertiary/aromatic N) is 3. The van der Waals surface area contributed by atoms with E-state index in [-0.39, 0.29) is 42.1 Å². The molecule has 0 aliphatic carbocycles. The SMILES string of the molecule is O=C1CCCCN1CC(=O)N1CC2CC(C1)N2C(=O)c1ccc(I)c(O)c1. The number of benzene rings is 1. The molecule has 144 valence electrons. The minimum atomic E-state index is -0.0961. The Morgan fingerprint density at radius 3 is 2.59 bits per heavy atom. The van der Waals surface area contributed by atoms with Crippen molar-refractivity contribution < 1.29 is 19.5 Å². The molecule has 0 radical (unpaired) electrons. The molecule has 2 bridgehead atoms. The molecule has 3 amide bonds. The van der Waals surface area contributed by atoms with E-state index in [1.165, 1.54) is 6.07 Å². The standard InChI is InChI=1S/C19H22IN3O4/c20-15-5-4-12(7-16(15)24)19(27)23-13-8-14(23)10-22(9-13)18(26)11-21-6-2-1-3-17(21)25/h4-5,7,13-14,24H,1-3,6,8-11H2. The number of phenolic OH excluding ortho intramolecular Hbond substituents is 1. The van der Waals surface area contributed by atoms with Crippen molar-refractivity contribution in [3.05, 3.63) is 27.3 Å². The summed E-state index contributed by atoms with van der Waals surface area (Å²) in [5.74, 6) is 0.0439. The maximum Gasteiger partial charge on any atom is 0.254 e. The number of halogens is 1. The number of carbonyl (C=O) groups is 3. The lowest BCUT2D eigenvalue weighted by molar-refractivity contribution is -0.147. The maximum absolute atomic E-state index is 12.8. The molecule has 4 aliphatic rings. The van der Waals surface area contributed by atoms with E-state index in [1.54, 1.807) is 21.9 Å². The zero-order chi connectivity index (χ0) is 19.1. The summed E-state index contributed by atoms with van der Waals surface area (Å²) in [7, 11) is 0. The van der Waals surface area contributed by atoms with E-state index in [9.17, 15) is 19.5 Å². The number of amides is 3. The van der Waals surface area contributed by atoms with Crippen molar-refractivity contribution in [3.63, 3.8) is 0 Å². The second kappa shape index (κ2) is 7.29. The number of phenols is 1. The van der Waals surface area contributed by atoms with Gasteiger partial charge in [-0.3, -0.25) is 14.4 Å². The number of likely N-dealkylation sites (tertiary alicyclic amines) is 1. The van der Waals surface area contributed by atoms with E-state index < -0.39 is 0 Å². The predicted molar refractivity (Wildman–Crippen MR) is 106 cm³/mol. The first-order chi connectivity index (χ1) is 12.9. The third kappa shape index (κ3) is 3.51. The van der Waals surface area contributed by atoms with Gasteiger partial charge in [0.1, 0.15) is 5.75 Å². The maximum atomic E-state index is 12.8. The van der Waals surface area contributed by atoms with Gasteiger partial charge in [-0.05, 0) is 60.1 Å². The van der Waals surface area contributed by atoms with Gasteiger partial charge in [-0.2, -0.15) is 0 Å². The Bertz CT molecular complexity index is 787. The van der Waals surface area contributed by atoms with Crippen LogP contribution in [0.4, 0.5) is 0 Å². The van der Waals surface area contributed by atoms with Crippen LogP contribution in [0.15, 0.2) is 18.2 Å². The summed E-state index contributed by atoms with van der Waals surface area (Å²) in [5, 5.41) is 9.85. The van der Waals surface area contributed by atoms with E-state index in [0.29, 0.717) is 35.2 Å². The Balaban J connectivity index is 1.37. The highest BCUT2D eigenvalue weighted by atomic mass is 127. The van der Waals surface area contributed by atoms with E-state index in [4.69, 9.17) is 0 Å². The van der Waals surface area contributed by atoms with Crippen LogP contribution in [0.5, 0.6) is 5.75 Å². The van der Waals surface area contributed by atoms with Crippen LogP contribution >= 0.6 is 22.6 Å². The van der Waals surface area contributed by atoms with Gasteiger partial charge in [-0.15, -0.1) is 0 Å². The van der Waals surface area contributed by atoms with Crippen molar-refractivity contribution in [1.29, 1.82) is 0 Å². The van der Waals surface area contributed by atoms with Gasteiger partial charge in [0.2, 0.25) is 11.8 Å². The summed E-state index contributed by atoms with van der Waals surface area (Å²) >= 11 is 2.02. The van der Waals surface area contributed by atoms with Gasteiger partial charge in [0, 0.05) is 31.6 Å². The van der Waals surface area contributed by atoms with Gasteiger partial charge in [0.15, 0.2) is 0 Å². The van der Waals surface area contributed by atoms with Crippen LogP contribution in [0, 0.1) is 3.57 Å². The molecule has 0 aromatic heterocycles. The molecule has 4 saturated heterocycles. The quantitative estimate of drug-likeness (QED) is 0.660. The lowest BCUT2D eigenvalue weighted by Gasteiger charge is -2.56. The highest BCUT2D eigenvalue weighted by molar-refractivity contribution is 14.1. The van der Waals surface area contributed by atoms with E-state index in [1.807, 2.05) is 27.5 Å². The number of piperidine rings is 2. The highest BCUT2D eigenvalue weighted by Gasteiger charge is 2.48. The van der Waals surface area contributed by atoms with Gasteiger partial charge < -0.3 is 19.8 Å². The average molecular weight is 483 g/mol. The Morgan fingerprint density at radius 2 is 1.93 bits per heavy atom. The summed E-state index contributed by atoms with van der Waals surface area (Å²) in [4.78, 5) is 42.6. The number of rotatable bonds is 3. The largest absolute Gasteiger partial charge is 0.507 e. The molecule has 4 aliphatic heterocycles. The average Bonchev–Trinajstić information content (AvgIpc) is 2.65. The minimum Gasteiger partial charge on any atom is -0.507 e. The Kier molecular flexibility index (Phi) is 5.00. The van der Waals surface area contributed by atoms with Crippen LogP contribution in [0.1, 0.15) is 36.0 Å². The second-order valence-corrected chi connectivity index (χ2v) is 8.66. The zero-order valence-corrected chi connectivity index (χ0v) is 17.1. The van der Waals surface area contributed by atoms with Crippen molar-refractivity contribution in [2.45, 2.75) is 37.8 Å². The molecule has 7 nitrogen and oxygen atoms in total. The molecule has 0 saturated carbocycles. The van der Waals surface area contributed by atoms with E-state index in [2.05, 4.69) is 0 Å². The Hall–Kier alpha value is -1.84. The summed E-state index contributed by atoms with van der Waals surface area (Å²) in [6, 6.07) is 4.98. The van der Waals surface area contributed by atoms with Crippen LogP contribution in [0.25, 0.3) is 0 Å². The van der Waals surface area contributed by atoms with Crippen LogP contribution < -0.4 is 0 Å². The van der Waals surface area contributed by atoms with Crippen molar-refractivity contribution in [1.82, 2.24) is 14.7 Å². The molecule has 4 fully saturated rings. The molecule has 1 aromatic carbocycles. The van der Waals surface area contributed by atoms with Gasteiger partial charge in [-0.25, -0.2) is 0 Å². The smallest absolute Gasteiger partial charge is 0.254 e. The number of carbonyl (C=O) groups excluding carboxylic acids is 3. The fraction of sp³-hybridized carbons (Fsp3) is 0.526. The van der Waals surface area contributed by atoms with Crippen molar-refractivity contribution in [3.8, 4) is 5.75 Å². The summed E-state index contributed by atoms with van der Waals surface area (Å²) < 4.78 is 0.706. The lowest BCUT2D eigenvalue weighted by Crippen LogP contribution is -2.71. The monoisotopic (exact) mass is 483 g/mol. The predicted octanol–water partition coefficient (Wildman–Crippen LogP) is 1.43. The fourth-order valence-corrected chi connectivity index (χ4v) is 4.57. The van der Waals surface area contributed by atoms with Crippen molar-refractivity contribution in [2.24, 2.45) is 0 Å². The number of hydrogen-bond donors (Lipinski definition) is 1. The highest BCUT2D eigenvalue weighted by Crippen LogP contribution is 2.34. The first kappa shape index (κ1) is 18.5. The van der Waals surface area contributed by atoms with Gasteiger partial charge in [0.05, 0.1) is 22.2 Å². The Labute approximate surface area is 171 Å². The molecular weight excluding hydrogens is 461 g/mol. The zero-order valence-electron chi connectivity index (χ0n) is 14.9. The first-order valence-electron chi connectivity index (χ1n) is 9.31. The normalized spacial score (nSPS) is 24.6. The fourth-order valence-electron chi connectivity index (χ4n) is 4.23. The molecule has 1 N–H and O–H groups in total. The van der Waals surface area contributed by atoms with Gasteiger partial charge in [-0.1, -0.05) is 0 Å². The summed E-state index contributed by atoms with van der Waals surface area (Å²) in [6.07, 6.45) is 3.29. The van der Waals surface area contributed by atoms with Gasteiger partial charge in [0.25, 0.3) is 5.91 Å². The Morgan fingerprint density at radius 1 is 1.19 bits per heavy atom. The molecule has 4 heterocycles. The summed E-state index contributed by atoms with van der Waals surface area (Å²) in [5.41, 5.74) is 0.473. The van der Waals surface area contributed by atoms with Crippen LogP contribution in [0.3, 0.4) is 0 Å². The number of fused-ring (bicyclic) bond motifs is 2. The topological polar surface area (TPSA) is 81.2 Å². The lowest BCUT2D eigenvalue weighted by atomic mass is 9.86. The molecule has 2 atom stereocenters. The number of hydrogen-bond acceptors (Lipinski definition) is 4. The molecule has 8 heteroatoms. The molecule has 0 spiro atoms. The minimum absolute atomic E-state index is 0.0127. The molecule has 2 unspecified atom stereocenters. The first-order valence-corrected chi connectivity index (χ1v) is 10.4. The molecular formula is C19H22IN3O4. The van der Waals surface area contributed by atoms with E-state index in [0.717, 1.165) is 19.3 Å². The second-order valence-electron chi connectivity index (χ2n) is 7.49.